The van der Waals surface area contributed by atoms with Crippen molar-refractivity contribution in [3.05, 3.63) is 90.0 Å². The van der Waals surface area contributed by atoms with Crippen molar-refractivity contribution in [2.75, 3.05) is 0 Å². The molecule has 0 atom stereocenters. The van der Waals surface area contributed by atoms with Crippen LogP contribution in [-0.4, -0.2) is 20.6 Å². The largest absolute Gasteiger partial charge is 0.485 e. The molecule has 0 aliphatic rings. The molecule has 27 heavy (non-hydrogen) atoms. The second kappa shape index (κ2) is 8.14. The van der Waals surface area contributed by atoms with Gasteiger partial charge in [-0.2, -0.15) is 5.21 Å². The zero-order chi connectivity index (χ0) is 18.3. The Morgan fingerprint density at radius 3 is 1.93 bits per heavy atom. The van der Waals surface area contributed by atoms with Gasteiger partial charge in [0.25, 0.3) is 0 Å². The monoisotopic (exact) mass is 358 g/mol. The highest BCUT2D eigenvalue weighted by Gasteiger charge is 2.11. The molecule has 0 aliphatic carbocycles. The van der Waals surface area contributed by atoms with E-state index < -0.39 is 0 Å². The Hall–Kier alpha value is -3.67. The van der Waals surface area contributed by atoms with Gasteiger partial charge in [0, 0.05) is 5.56 Å². The summed E-state index contributed by atoms with van der Waals surface area (Å²) in [7, 11) is 0. The second-order valence-corrected chi connectivity index (χ2v) is 5.95. The van der Waals surface area contributed by atoms with Gasteiger partial charge in [0.2, 0.25) is 5.82 Å². The molecule has 6 heteroatoms. The summed E-state index contributed by atoms with van der Waals surface area (Å²) >= 11 is 0. The van der Waals surface area contributed by atoms with E-state index in [9.17, 15) is 0 Å². The summed E-state index contributed by atoms with van der Waals surface area (Å²) in [6.45, 7) is 0.905. The minimum Gasteiger partial charge on any atom is -0.485 e. The van der Waals surface area contributed by atoms with Crippen molar-refractivity contribution in [2.24, 2.45) is 0 Å². The van der Waals surface area contributed by atoms with Crippen molar-refractivity contribution in [2.45, 2.75) is 13.2 Å². The summed E-state index contributed by atoms with van der Waals surface area (Å²) in [5.41, 5.74) is 2.98. The Morgan fingerprint density at radius 2 is 1.33 bits per heavy atom. The highest BCUT2D eigenvalue weighted by Crippen LogP contribution is 2.32. The number of aromatic amines is 1. The second-order valence-electron chi connectivity index (χ2n) is 5.95. The van der Waals surface area contributed by atoms with Crippen LogP contribution in [0.25, 0.3) is 11.4 Å². The highest BCUT2D eigenvalue weighted by molar-refractivity contribution is 5.60. The standard InChI is InChI=1S/C21H18N4O2/c1-3-7-16(8-4-1)14-26-19-12-11-18(21-22-24-25-23-21)13-20(19)27-15-17-9-5-2-6-10-17/h1-13H,14-15H2,(H,22,23,24,25). The van der Waals surface area contributed by atoms with E-state index in [2.05, 4.69) is 20.6 Å². The summed E-state index contributed by atoms with van der Waals surface area (Å²) in [4.78, 5) is 0. The number of hydrogen-bond donors (Lipinski definition) is 1. The maximum absolute atomic E-state index is 6.04. The zero-order valence-electron chi connectivity index (χ0n) is 14.6. The Labute approximate surface area is 156 Å². The average Bonchev–Trinajstić information content (AvgIpc) is 3.27. The maximum Gasteiger partial charge on any atom is 0.204 e. The van der Waals surface area contributed by atoms with E-state index in [4.69, 9.17) is 9.47 Å². The number of tetrazole rings is 1. The molecule has 0 saturated carbocycles. The Balaban J connectivity index is 1.56. The Morgan fingerprint density at radius 1 is 0.704 bits per heavy atom. The minimum atomic E-state index is 0.443. The third-order valence-electron chi connectivity index (χ3n) is 4.02. The van der Waals surface area contributed by atoms with Gasteiger partial charge in [0.05, 0.1) is 0 Å². The lowest BCUT2D eigenvalue weighted by molar-refractivity contribution is 0.256. The van der Waals surface area contributed by atoms with Gasteiger partial charge >= 0.3 is 0 Å². The number of rotatable bonds is 7. The molecule has 0 saturated heterocycles. The normalized spacial score (nSPS) is 10.5. The molecule has 0 unspecified atom stereocenters. The van der Waals surface area contributed by atoms with Crippen LogP contribution >= 0.6 is 0 Å². The van der Waals surface area contributed by atoms with Gasteiger partial charge in [-0.05, 0) is 34.5 Å². The Kier molecular flexibility index (Phi) is 5.06. The molecule has 0 amide bonds. The van der Waals surface area contributed by atoms with Crippen LogP contribution in [0.2, 0.25) is 0 Å². The fraction of sp³-hybridized carbons (Fsp3) is 0.0952. The lowest BCUT2D eigenvalue weighted by Crippen LogP contribution is -2.01. The van der Waals surface area contributed by atoms with E-state index in [1.807, 2.05) is 78.9 Å². The predicted octanol–water partition coefficient (Wildman–Crippen LogP) is 4.02. The number of nitrogens with zero attached hydrogens (tertiary/aromatic N) is 3. The molecule has 4 aromatic rings. The highest BCUT2D eigenvalue weighted by atomic mass is 16.5. The molecule has 1 heterocycles. The molecule has 134 valence electrons. The number of H-pyrrole nitrogens is 1. The lowest BCUT2D eigenvalue weighted by Gasteiger charge is -2.14. The van der Waals surface area contributed by atoms with Gasteiger partial charge in [-0.25, -0.2) is 0 Å². The molecule has 0 bridgehead atoms. The van der Waals surface area contributed by atoms with Crippen molar-refractivity contribution in [3.8, 4) is 22.9 Å². The summed E-state index contributed by atoms with van der Waals surface area (Å²) in [6.07, 6.45) is 0. The molecular weight excluding hydrogens is 340 g/mol. The Bertz CT molecular complexity index is 974. The van der Waals surface area contributed by atoms with E-state index in [0.29, 0.717) is 30.5 Å². The molecule has 0 spiro atoms. The minimum absolute atomic E-state index is 0.443. The van der Waals surface area contributed by atoms with Gasteiger partial charge in [-0.1, -0.05) is 60.7 Å². The number of benzene rings is 3. The SMILES string of the molecule is c1ccc(COc2ccc(-c3nn[nH]n3)cc2OCc2ccccc2)cc1. The first-order valence-electron chi connectivity index (χ1n) is 8.60. The van der Waals surface area contributed by atoms with Crippen molar-refractivity contribution in [1.82, 2.24) is 20.6 Å². The van der Waals surface area contributed by atoms with Gasteiger partial charge in [0.15, 0.2) is 11.5 Å². The molecule has 4 rings (SSSR count). The lowest BCUT2D eigenvalue weighted by atomic mass is 10.2. The van der Waals surface area contributed by atoms with E-state index >= 15 is 0 Å². The fourth-order valence-corrected chi connectivity index (χ4v) is 2.63. The van der Waals surface area contributed by atoms with Crippen LogP contribution < -0.4 is 9.47 Å². The van der Waals surface area contributed by atoms with Crippen LogP contribution in [0.15, 0.2) is 78.9 Å². The molecule has 0 radical (unpaired) electrons. The first kappa shape index (κ1) is 16.8. The molecule has 3 aromatic carbocycles. The van der Waals surface area contributed by atoms with E-state index in [0.717, 1.165) is 16.7 Å². The van der Waals surface area contributed by atoms with Gasteiger partial charge in [-0.3, -0.25) is 0 Å². The van der Waals surface area contributed by atoms with Crippen molar-refractivity contribution >= 4 is 0 Å². The first-order chi connectivity index (χ1) is 13.4. The van der Waals surface area contributed by atoms with Gasteiger partial charge < -0.3 is 9.47 Å². The number of nitrogens with one attached hydrogen (secondary N) is 1. The van der Waals surface area contributed by atoms with E-state index in [1.165, 1.54) is 0 Å². The number of hydrogen-bond acceptors (Lipinski definition) is 5. The topological polar surface area (TPSA) is 72.9 Å². The molecule has 0 aliphatic heterocycles. The van der Waals surface area contributed by atoms with Crippen LogP contribution in [0.3, 0.4) is 0 Å². The molecule has 1 N–H and O–H groups in total. The summed E-state index contributed by atoms with van der Waals surface area (Å²) in [6, 6.07) is 25.6. The quantitative estimate of drug-likeness (QED) is 0.540. The first-order valence-corrected chi connectivity index (χ1v) is 8.60. The molecular formula is C21H18N4O2. The van der Waals surface area contributed by atoms with Gasteiger partial charge in [0.1, 0.15) is 13.2 Å². The van der Waals surface area contributed by atoms with E-state index in [1.54, 1.807) is 0 Å². The van der Waals surface area contributed by atoms with Crippen LogP contribution in [0.1, 0.15) is 11.1 Å². The summed E-state index contributed by atoms with van der Waals surface area (Å²) in [5.74, 6) is 1.81. The fourth-order valence-electron chi connectivity index (χ4n) is 2.63. The summed E-state index contributed by atoms with van der Waals surface area (Å²) in [5, 5.41) is 14.1. The smallest absolute Gasteiger partial charge is 0.204 e. The van der Waals surface area contributed by atoms with Crippen LogP contribution in [0.5, 0.6) is 11.5 Å². The molecule has 0 fully saturated rings. The maximum atomic E-state index is 6.04. The van der Waals surface area contributed by atoms with E-state index in [-0.39, 0.29) is 0 Å². The van der Waals surface area contributed by atoms with Crippen LogP contribution in [-0.2, 0) is 13.2 Å². The summed E-state index contributed by atoms with van der Waals surface area (Å²) < 4.78 is 12.0. The molecule has 1 aromatic heterocycles. The number of ether oxygens (including phenoxy) is 2. The third-order valence-corrected chi connectivity index (χ3v) is 4.02. The van der Waals surface area contributed by atoms with Crippen molar-refractivity contribution in [1.29, 1.82) is 0 Å². The van der Waals surface area contributed by atoms with Crippen molar-refractivity contribution in [3.63, 3.8) is 0 Å². The third kappa shape index (κ3) is 4.30. The average molecular weight is 358 g/mol. The number of aromatic nitrogens is 4. The molecule has 6 nitrogen and oxygen atoms in total. The van der Waals surface area contributed by atoms with Crippen LogP contribution in [0.4, 0.5) is 0 Å². The van der Waals surface area contributed by atoms with Crippen LogP contribution in [0, 0.1) is 0 Å². The van der Waals surface area contributed by atoms with Gasteiger partial charge in [-0.15, -0.1) is 10.2 Å². The zero-order valence-corrected chi connectivity index (χ0v) is 14.6. The van der Waals surface area contributed by atoms with Crippen molar-refractivity contribution < 1.29 is 9.47 Å². The predicted molar refractivity (Wildman–Crippen MR) is 101 cm³/mol.